The number of nitrogens with one attached hydrogen (secondary N) is 1. The van der Waals surface area contributed by atoms with Crippen LogP contribution in [0.3, 0.4) is 0 Å². The Morgan fingerprint density at radius 1 is 1.39 bits per heavy atom. The molecule has 0 amide bonds. The Bertz CT molecular complexity index is 926. The predicted octanol–water partition coefficient (Wildman–Crippen LogP) is 2.60. The number of rotatable bonds is 3. The van der Waals surface area contributed by atoms with Crippen molar-refractivity contribution in [3.8, 4) is 11.5 Å². The molecule has 0 aromatic heterocycles. The summed E-state index contributed by atoms with van der Waals surface area (Å²) in [5, 5.41) is 22.5. The van der Waals surface area contributed by atoms with Crippen LogP contribution in [0, 0.1) is 13.3 Å². The maximum atomic E-state index is 12.8. The van der Waals surface area contributed by atoms with Crippen molar-refractivity contribution in [1.29, 1.82) is 0 Å². The van der Waals surface area contributed by atoms with Gasteiger partial charge in [-0.3, -0.25) is 9.51 Å². The number of likely N-dealkylation sites (tertiary alicyclic amines) is 1. The summed E-state index contributed by atoms with van der Waals surface area (Å²) in [6.07, 6.45) is 6.27. The Morgan fingerprint density at radius 2 is 2.10 bits per heavy atom. The van der Waals surface area contributed by atoms with Gasteiger partial charge in [-0.25, -0.2) is 0 Å². The third kappa shape index (κ3) is 3.00. The van der Waals surface area contributed by atoms with Crippen LogP contribution < -0.4 is 9.45 Å². The summed E-state index contributed by atoms with van der Waals surface area (Å²) in [6, 6.07) is 3.77. The molecule has 3 aliphatic carbocycles. The fraction of sp³-hybridized carbons (Fsp3) is 0.667. The fourth-order valence-corrected chi connectivity index (χ4v) is 6.94. The topological polar surface area (TPSA) is 78.8 Å². The van der Waals surface area contributed by atoms with Gasteiger partial charge in [0.25, 0.3) is 0 Å². The lowest BCUT2D eigenvalue weighted by molar-refractivity contribution is -0.950. The summed E-state index contributed by atoms with van der Waals surface area (Å²) in [5.41, 5.74) is 0.492. The van der Waals surface area contributed by atoms with E-state index in [-0.39, 0.29) is 25.0 Å². The number of quaternary nitrogens is 1. The van der Waals surface area contributed by atoms with Crippen LogP contribution in [0.15, 0.2) is 12.1 Å². The molecule has 6 nitrogen and oxygen atoms in total. The Kier molecular flexibility index (Phi) is 5.32. The first kappa shape index (κ1) is 21.6. The van der Waals surface area contributed by atoms with Gasteiger partial charge in [0.05, 0.1) is 25.6 Å². The first-order valence-corrected chi connectivity index (χ1v) is 12.2. The highest BCUT2D eigenvalue weighted by molar-refractivity contribution is 7.96. The van der Waals surface area contributed by atoms with E-state index in [1.807, 2.05) is 12.3 Å². The Morgan fingerprint density at radius 3 is 2.74 bits per heavy atom. The van der Waals surface area contributed by atoms with E-state index in [0.717, 1.165) is 47.5 Å². The maximum Gasteiger partial charge on any atom is 0.174 e. The average Bonchev–Trinajstić information content (AvgIpc) is 3.45. The zero-order valence-corrected chi connectivity index (χ0v) is 19.9. The molecule has 0 radical (unpaired) electrons. The number of aromatic hydroxyl groups is 1. The van der Waals surface area contributed by atoms with Crippen LogP contribution in [-0.2, 0) is 16.6 Å². The highest BCUT2D eigenvalue weighted by Crippen LogP contribution is 2.65. The van der Waals surface area contributed by atoms with Gasteiger partial charge in [-0.05, 0) is 44.2 Å². The highest BCUT2D eigenvalue weighted by Gasteiger charge is 2.76. The van der Waals surface area contributed by atoms with Crippen molar-refractivity contribution >= 4 is 17.7 Å². The lowest BCUT2D eigenvalue weighted by atomic mass is 9.48. The van der Waals surface area contributed by atoms with Gasteiger partial charge in [0.1, 0.15) is 13.1 Å². The quantitative estimate of drug-likeness (QED) is 0.373. The molecular formula is C24H36N2O4S. The number of aliphatic hydroxyl groups is 1. The number of carbonyl (C=O) groups excluding carboxylic acids is 1. The monoisotopic (exact) mass is 450 g/mol. The van der Waals surface area contributed by atoms with E-state index in [1.54, 1.807) is 13.1 Å². The number of phenolic OH excluding ortho intramolecular Hbond substituents is 1. The van der Waals surface area contributed by atoms with Crippen LogP contribution in [0.4, 0.5) is 0 Å². The van der Waals surface area contributed by atoms with Crippen molar-refractivity contribution in [2.24, 2.45) is 5.92 Å². The summed E-state index contributed by atoms with van der Waals surface area (Å²) in [4.78, 5) is 12.8. The van der Waals surface area contributed by atoms with Crippen molar-refractivity contribution in [1.82, 2.24) is 4.72 Å². The molecular weight excluding hydrogens is 412 g/mol. The molecule has 3 unspecified atom stereocenters. The van der Waals surface area contributed by atoms with E-state index >= 15 is 0 Å². The van der Waals surface area contributed by atoms with Crippen LogP contribution >= 0.6 is 11.9 Å². The van der Waals surface area contributed by atoms with Gasteiger partial charge in [-0.1, -0.05) is 18.0 Å². The minimum Gasteiger partial charge on any atom is -0.504 e. The number of benzene rings is 1. The van der Waals surface area contributed by atoms with Gasteiger partial charge in [-0.15, -0.1) is 0 Å². The number of likely N-dealkylation sites (N-methyl/N-ethyl adjacent to an activating group) is 1. The van der Waals surface area contributed by atoms with Crippen LogP contribution in [0.5, 0.6) is 11.5 Å². The minimum absolute atomic E-state index is 0. The molecule has 2 heterocycles. The number of phenols is 1. The molecule has 3 N–H and O–H groups in total. The third-order valence-electron chi connectivity index (χ3n) is 8.46. The molecule has 2 bridgehead atoms. The second-order valence-electron chi connectivity index (χ2n) is 9.97. The summed E-state index contributed by atoms with van der Waals surface area (Å²) in [5.74, 6) is 1.42. The van der Waals surface area contributed by atoms with Crippen molar-refractivity contribution in [3.63, 3.8) is 0 Å². The summed E-state index contributed by atoms with van der Waals surface area (Å²) >= 11 is 1.38. The molecule has 172 valence electrons. The van der Waals surface area contributed by atoms with E-state index in [2.05, 4.69) is 7.05 Å². The van der Waals surface area contributed by atoms with E-state index in [9.17, 15) is 15.0 Å². The van der Waals surface area contributed by atoms with Crippen LogP contribution in [0.1, 0.15) is 43.2 Å². The Balaban J connectivity index is 0.000000372. The van der Waals surface area contributed by atoms with Gasteiger partial charge < -0.3 is 26.9 Å². The molecule has 5 aliphatic rings. The van der Waals surface area contributed by atoms with Gasteiger partial charge in [0.15, 0.2) is 23.4 Å². The molecule has 31 heavy (non-hydrogen) atoms. The predicted molar refractivity (Wildman–Crippen MR) is 123 cm³/mol. The first-order chi connectivity index (χ1) is 14.7. The van der Waals surface area contributed by atoms with Crippen molar-refractivity contribution in [3.05, 3.63) is 30.7 Å². The van der Waals surface area contributed by atoms with Gasteiger partial charge in [0, 0.05) is 30.7 Å². The molecule has 2 saturated carbocycles. The largest absolute Gasteiger partial charge is 0.504 e. The molecule has 1 aromatic carbocycles. The molecule has 7 heteroatoms. The van der Waals surface area contributed by atoms with Gasteiger partial charge in [-0.2, -0.15) is 0 Å². The smallest absolute Gasteiger partial charge is 0.174 e. The average molecular weight is 451 g/mol. The molecule has 3 fully saturated rings. The van der Waals surface area contributed by atoms with E-state index < -0.39 is 17.1 Å². The maximum absolute atomic E-state index is 12.8. The third-order valence-corrected chi connectivity index (χ3v) is 8.82. The Hall–Kier alpha value is -1.28. The van der Waals surface area contributed by atoms with Crippen LogP contribution in [0.2, 0.25) is 1.41 Å². The second-order valence-corrected chi connectivity index (χ2v) is 10.7. The number of hydrogen-bond donors (Lipinski definition) is 3. The van der Waals surface area contributed by atoms with Crippen LogP contribution in [0.25, 0.3) is 0 Å². The number of ketones is 1. The first-order valence-electron chi connectivity index (χ1n) is 11.5. The summed E-state index contributed by atoms with van der Waals surface area (Å²) < 4.78 is 14.9. The minimum atomic E-state index is -0.931. The number of piperidine rings is 1. The number of nitrogens with zero attached hydrogens (tertiary/aromatic N) is 1. The molecule has 1 spiro atoms. The number of Topliss-reactive ketones (excluding diaryl/α,β-unsaturated/α-hetero) is 1. The zero-order chi connectivity index (χ0) is 22.2. The van der Waals surface area contributed by atoms with E-state index in [0.29, 0.717) is 18.6 Å². The lowest BCUT2D eigenvalue weighted by Crippen LogP contribution is -2.80. The molecule has 6 rings (SSSR count). The normalized spacial score (nSPS) is 39.5. The molecule has 1 saturated heterocycles. The summed E-state index contributed by atoms with van der Waals surface area (Å²) in [7, 11) is 3.99. The fourth-order valence-electron chi connectivity index (χ4n) is 6.94. The molecule has 5 atom stereocenters. The van der Waals surface area contributed by atoms with Crippen molar-refractivity contribution in [2.75, 3.05) is 33.4 Å². The zero-order valence-electron chi connectivity index (χ0n) is 20.1. The number of carbonyl (C=O) groups is 1. The van der Waals surface area contributed by atoms with Crippen molar-refractivity contribution < 1.29 is 25.6 Å². The van der Waals surface area contributed by atoms with Gasteiger partial charge in [0.2, 0.25) is 0 Å². The van der Waals surface area contributed by atoms with Crippen LogP contribution in [-0.4, -0.2) is 71.7 Å². The Labute approximate surface area is 191 Å². The van der Waals surface area contributed by atoms with Gasteiger partial charge >= 0.3 is 0 Å². The highest BCUT2D eigenvalue weighted by atomic mass is 32.2. The number of hydrogen-bond acceptors (Lipinski definition) is 6. The second kappa shape index (κ2) is 7.65. The van der Waals surface area contributed by atoms with E-state index in [1.165, 1.54) is 29.5 Å². The SMILES string of the molecule is C[N@@+]1(CC2CC2)CC[C@]23c4c5ccc(O)c4OC2C(=O)CCC3(O)C1C5.[3H]N(C)SC.[CH3-]. The summed E-state index contributed by atoms with van der Waals surface area (Å²) in [6.45, 7) is 2.09. The molecule has 1 aromatic rings. The molecule has 2 aliphatic heterocycles. The lowest BCUT2D eigenvalue weighted by Gasteiger charge is -2.64. The standard InChI is InChI=1S/C21H25NO4.C2H7NS.CH3/c1-22(11-12-2-3-12)9-8-20-17-13-4-5-14(23)18(17)26-19(20)15(24)6-7-21(20,25)16(22)10-13;1-3-4-2;/h4-5,12,16,19,25H,2-3,6-11H2,1H3;3H,1-2H3;1H3/q;;-1/p+1/t16?,19?,20-,21?,22-;;/m0../s1/i/hT. The van der Waals surface area contributed by atoms with Crippen molar-refractivity contribution in [2.45, 2.75) is 61.7 Å². The van der Waals surface area contributed by atoms with E-state index in [4.69, 9.17) is 6.15 Å². The number of ether oxygens (including phenoxy) is 1.